The molecule has 4 rings (SSSR count). The Bertz CT molecular complexity index is 1060. The van der Waals surface area contributed by atoms with Crippen molar-refractivity contribution in [1.82, 2.24) is 9.88 Å². The van der Waals surface area contributed by atoms with Crippen LogP contribution in [-0.2, 0) is 17.7 Å². The van der Waals surface area contributed by atoms with E-state index >= 15 is 0 Å². The Morgan fingerprint density at radius 2 is 1.94 bits per heavy atom. The van der Waals surface area contributed by atoms with Crippen molar-refractivity contribution in [2.75, 3.05) is 29.9 Å². The maximum atomic E-state index is 6.08. The Kier molecular flexibility index (Phi) is 7.23. The molecule has 0 bridgehead atoms. The second-order valence-electron chi connectivity index (χ2n) is 10.6. The van der Waals surface area contributed by atoms with Gasteiger partial charge in [-0.25, -0.2) is 4.98 Å². The van der Waals surface area contributed by atoms with Gasteiger partial charge in [0.05, 0.1) is 12.2 Å². The second-order valence-corrected chi connectivity index (χ2v) is 10.6. The Morgan fingerprint density at radius 1 is 1.18 bits per heavy atom. The van der Waals surface area contributed by atoms with Crippen LogP contribution in [0.25, 0.3) is 0 Å². The maximum Gasteiger partial charge on any atom is 0.236 e. The summed E-state index contributed by atoms with van der Waals surface area (Å²) in [6.45, 7) is 18.4. The van der Waals surface area contributed by atoms with E-state index in [-0.39, 0.29) is 5.60 Å². The highest BCUT2D eigenvalue weighted by atomic mass is 16.5. The van der Waals surface area contributed by atoms with Gasteiger partial charge in [-0.1, -0.05) is 31.7 Å². The van der Waals surface area contributed by atoms with Gasteiger partial charge in [0.25, 0.3) is 0 Å². The van der Waals surface area contributed by atoms with Crippen LogP contribution in [0, 0.1) is 12.8 Å². The van der Waals surface area contributed by atoms with Crippen molar-refractivity contribution in [2.24, 2.45) is 5.92 Å². The molecule has 0 aliphatic carbocycles. The maximum absolute atomic E-state index is 6.08. The second kappa shape index (κ2) is 10.1. The van der Waals surface area contributed by atoms with Gasteiger partial charge in [-0.15, -0.1) is 0 Å². The number of hydrogen-bond acceptors (Lipinski definition) is 5. The molecule has 1 aromatic heterocycles. The Hall–Kier alpha value is -2.91. The van der Waals surface area contributed by atoms with Gasteiger partial charge >= 0.3 is 0 Å². The number of nitrogens with zero attached hydrogens (tertiary/aromatic N) is 3. The molecule has 5 nitrogen and oxygen atoms in total. The third-order valence-corrected chi connectivity index (χ3v) is 6.90. The van der Waals surface area contributed by atoms with Crippen molar-refractivity contribution >= 4 is 17.2 Å². The number of nitrogens with one attached hydrogen (secondary N) is 1. The van der Waals surface area contributed by atoms with E-state index in [2.05, 4.69) is 71.6 Å². The number of hydrogen-bond donors (Lipinski definition) is 1. The zero-order chi connectivity index (χ0) is 24.3. The summed E-state index contributed by atoms with van der Waals surface area (Å²) in [5.41, 5.74) is 8.81. The minimum atomic E-state index is -0.285. The molecule has 0 spiro atoms. The van der Waals surface area contributed by atoms with Crippen LogP contribution in [0.1, 0.15) is 63.8 Å². The first-order chi connectivity index (χ1) is 16.3. The third kappa shape index (κ3) is 5.77. The first-order valence-corrected chi connectivity index (χ1v) is 12.7. The summed E-state index contributed by atoms with van der Waals surface area (Å²) in [7, 11) is 0. The van der Waals surface area contributed by atoms with E-state index in [9.17, 15) is 0 Å². The van der Waals surface area contributed by atoms with Crippen LogP contribution in [-0.4, -0.2) is 35.1 Å². The normalized spacial score (nSPS) is 16.6. The van der Waals surface area contributed by atoms with E-state index in [1.165, 1.54) is 36.1 Å². The summed E-state index contributed by atoms with van der Waals surface area (Å²) in [5, 5.41) is 3.52. The van der Waals surface area contributed by atoms with Gasteiger partial charge in [-0.05, 0) is 88.3 Å². The molecule has 1 fully saturated rings. The Labute approximate surface area is 205 Å². The lowest BCUT2D eigenvalue weighted by atomic mass is 9.94. The molecule has 34 heavy (non-hydrogen) atoms. The van der Waals surface area contributed by atoms with E-state index in [0.29, 0.717) is 12.4 Å². The van der Waals surface area contributed by atoms with Crippen LogP contribution < -0.4 is 10.2 Å². The number of aryl methyl sites for hydroxylation is 1. The van der Waals surface area contributed by atoms with Crippen molar-refractivity contribution in [2.45, 2.75) is 72.4 Å². The van der Waals surface area contributed by atoms with E-state index in [0.717, 1.165) is 49.2 Å². The van der Waals surface area contributed by atoms with Crippen molar-refractivity contribution in [3.05, 3.63) is 65.3 Å². The molecule has 2 aliphatic heterocycles. The number of anilines is 3. The fourth-order valence-corrected chi connectivity index (χ4v) is 4.97. The fourth-order valence-electron chi connectivity index (χ4n) is 4.97. The van der Waals surface area contributed by atoms with E-state index in [1.54, 1.807) is 0 Å². The molecule has 2 aromatic rings. The molecule has 0 unspecified atom stereocenters. The van der Waals surface area contributed by atoms with Gasteiger partial charge in [0.15, 0.2) is 0 Å². The van der Waals surface area contributed by atoms with E-state index in [4.69, 9.17) is 9.72 Å². The standard InChI is InChI=1S/C29H40N4O/c1-7-22-13-16-32(17-14-22)26-11-10-24(19-21(26)3)30-27-12-9-23-15-18-33(20-25(23)31-27)28(8-2)34-29(4,5)6/h9-12,19,22H,2,7,13-18,20H2,1,3-6H3,(H,30,31). The van der Waals surface area contributed by atoms with Gasteiger partial charge in [-0.2, -0.15) is 0 Å². The predicted molar refractivity (Wildman–Crippen MR) is 142 cm³/mol. The van der Waals surface area contributed by atoms with Gasteiger partial charge in [-0.3, -0.25) is 0 Å². The lowest BCUT2D eigenvalue weighted by Gasteiger charge is -2.34. The van der Waals surface area contributed by atoms with Crippen molar-refractivity contribution in [3.63, 3.8) is 0 Å². The van der Waals surface area contributed by atoms with Gasteiger partial charge in [0.2, 0.25) is 5.88 Å². The predicted octanol–water partition coefficient (Wildman–Crippen LogP) is 6.56. The average Bonchev–Trinajstić information content (AvgIpc) is 2.82. The van der Waals surface area contributed by atoms with Crippen LogP contribution in [0.4, 0.5) is 17.2 Å². The van der Waals surface area contributed by atoms with Crippen LogP contribution in [0.15, 0.2) is 48.5 Å². The molecular formula is C29H40N4O. The largest absolute Gasteiger partial charge is 0.467 e. The van der Waals surface area contributed by atoms with Crippen LogP contribution in [0.3, 0.4) is 0 Å². The van der Waals surface area contributed by atoms with Gasteiger partial charge < -0.3 is 19.9 Å². The first-order valence-electron chi connectivity index (χ1n) is 12.7. The Morgan fingerprint density at radius 3 is 2.59 bits per heavy atom. The monoisotopic (exact) mass is 460 g/mol. The number of fused-ring (bicyclic) bond motifs is 1. The summed E-state index contributed by atoms with van der Waals surface area (Å²) in [4.78, 5) is 9.67. The van der Waals surface area contributed by atoms with Crippen molar-refractivity contribution < 1.29 is 4.74 Å². The molecule has 182 valence electrons. The highest BCUT2D eigenvalue weighted by molar-refractivity contribution is 5.65. The lowest BCUT2D eigenvalue weighted by molar-refractivity contribution is -0.00160. The van der Waals surface area contributed by atoms with Crippen LogP contribution >= 0.6 is 0 Å². The van der Waals surface area contributed by atoms with Gasteiger partial charge in [0.1, 0.15) is 11.4 Å². The lowest BCUT2D eigenvalue weighted by Crippen LogP contribution is -2.34. The summed E-state index contributed by atoms with van der Waals surface area (Å²) in [5.74, 6) is 2.46. The molecule has 1 N–H and O–H groups in total. The molecule has 0 amide bonds. The SMILES string of the molecule is C=C=C(OC(C)(C)C)N1CCc2ccc(Nc3ccc(N4CCC(CC)CC4)c(C)c3)nc2C1. The highest BCUT2D eigenvalue weighted by Crippen LogP contribution is 2.30. The number of piperidine rings is 1. The Balaban J connectivity index is 1.45. The highest BCUT2D eigenvalue weighted by Gasteiger charge is 2.24. The topological polar surface area (TPSA) is 40.6 Å². The van der Waals surface area contributed by atoms with Crippen molar-refractivity contribution in [1.29, 1.82) is 0 Å². The summed E-state index contributed by atoms with van der Waals surface area (Å²) in [6, 6.07) is 11.0. The van der Waals surface area contributed by atoms with E-state index in [1.807, 2.05) is 20.8 Å². The third-order valence-electron chi connectivity index (χ3n) is 6.90. The smallest absolute Gasteiger partial charge is 0.236 e. The van der Waals surface area contributed by atoms with Crippen LogP contribution in [0.2, 0.25) is 0 Å². The minimum Gasteiger partial charge on any atom is -0.467 e. The summed E-state index contributed by atoms with van der Waals surface area (Å²) in [6.07, 6.45) is 4.84. The molecule has 1 aromatic carbocycles. The quantitative estimate of drug-likeness (QED) is 0.390. The number of ether oxygens (including phenoxy) is 1. The molecular weight excluding hydrogens is 420 g/mol. The molecule has 3 heterocycles. The molecule has 1 saturated heterocycles. The first kappa shape index (κ1) is 24.2. The number of pyridine rings is 1. The molecule has 5 heteroatoms. The van der Waals surface area contributed by atoms with Crippen molar-refractivity contribution in [3.8, 4) is 0 Å². The minimum absolute atomic E-state index is 0.285. The molecule has 0 radical (unpaired) electrons. The fraction of sp³-hybridized carbons (Fsp3) is 0.517. The zero-order valence-electron chi connectivity index (χ0n) is 21.6. The van der Waals surface area contributed by atoms with E-state index < -0.39 is 0 Å². The molecule has 0 saturated carbocycles. The molecule has 2 aliphatic rings. The number of rotatable bonds is 6. The summed E-state index contributed by atoms with van der Waals surface area (Å²) >= 11 is 0. The molecule has 0 atom stereocenters. The number of aromatic nitrogens is 1. The van der Waals surface area contributed by atoms with Gasteiger partial charge in [0, 0.05) is 31.0 Å². The number of benzene rings is 1. The average molecular weight is 461 g/mol. The zero-order valence-corrected chi connectivity index (χ0v) is 21.6. The van der Waals surface area contributed by atoms with Crippen LogP contribution in [0.5, 0.6) is 0 Å². The summed E-state index contributed by atoms with van der Waals surface area (Å²) < 4.78 is 6.08.